The lowest BCUT2D eigenvalue weighted by atomic mass is 10.2. The predicted molar refractivity (Wildman–Crippen MR) is 76.4 cm³/mol. The first-order valence-corrected chi connectivity index (χ1v) is 7.62. The highest BCUT2D eigenvalue weighted by atomic mass is 32.1. The zero-order valence-corrected chi connectivity index (χ0v) is 11.9. The van der Waals surface area contributed by atoms with E-state index in [4.69, 9.17) is 5.84 Å². The molecule has 0 saturated heterocycles. The van der Waals surface area contributed by atoms with Crippen LogP contribution in [-0.4, -0.2) is 11.5 Å². The third-order valence-corrected chi connectivity index (χ3v) is 3.75. The van der Waals surface area contributed by atoms with Crippen LogP contribution in [0.1, 0.15) is 58.1 Å². The molecule has 0 aliphatic carbocycles. The molecule has 17 heavy (non-hydrogen) atoms. The number of nitrogens with two attached hydrogens (primary N) is 1. The summed E-state index contributed by atoms with van der Waals surface area (Å²) in [5.74, 6) is 5.99. The Kier molecular flexibility index (Phi) is 7.21. The monoisotopic (exact) mass is 255 g/mol. The number of hydrogen-bond acceptors (Lipinski definition) is 4. The normalized spacial score (nSPS) is 10.8. The van der Waals surface area contributed by atoms with E-state index in [0.717, 1.165) is 24.5 Å². The van der Waals surface area contributed by atoms with Crippen molar-refractivity contribution < 1.29 is 0 Å². The van der Waals surface area contributed by atoms with E-state index < -0.39 is 0 Å². The summed E-state index contributed by atoms with van der Waals surface area (Å²) < 4.78 is 0. The average Bonchev–Trinajstić information content (AvgIpc) is 2.78. The van der Waals surface area contributed by atoms with Crippen molar-refractivity contribution in [3.8, 4) is 0 Å². The maximum atomic E-state index is 5.99. The van der Waals surface area contributed by atoms with Crippen LogP contribution in [0.2, 0.25) is 0 Å². The maximum absolute atomic E-state index is 5.99. The molecule has 0 aromatic carbocycles. The van der Waals surface area contributed by atoms with Crippen LogP contribution in [-0.2, 0) is 6.42 Å². The second-order valence-electron chi connectivity index (χ2n) is 4.48. The molecular weight excluding hydrogens is 230 g/mol. The molecule has 0 spiro atoms. The van der Waals surface area contributed by atoms with Gasteiger partial charge in [-0.05, 0) is 19.3 Å². The van der Waals surface area contributed by atoms with Gasteiger partial charge in [-0.25, -0.2) is 10.8 Å². The van der Waals surface area contributed by atoms with E-state index in [2.05, 4.69) is 24.2 Å². The van der Waals surface area contributed by atoms with Crippen LogP contribution in [0.15, 0.2) is 5.38 Å². The van der Waals surface area contributed by atoms with E-state index in [-0.39, 0.29) is 0 Å². The van der Waals surface area contributed by atoms with E-state index in [1.54, 1.807) is 16.3 Å². The number of anilines is 1. The standard InChI is InChI=1S/C13H25N3S/c1-3-5-7-9-12-11-17-13(15-12)16(14)10-8-6-4-2/h11H,3-10,14H2,1-2H3. The van der Waals surface area contributed by atoms with Crippen molar-refractivity contribution in [2.75, 3.05) is 11.6 Å². The fraction of sp³-hybridized carbons (Fsp3) is 0.769. The highest BCUT2D eigenvalue weighted by molar-refractivity contribution is 7.13. The van der Waals surface area contributed by atoms with Gasteiger partial charge in [-0.15, -0.1) is 11.3 Å². The molecule has 0 unspecified atom stereocenters. The van der Waals surface area contributed by atoms with Gasteiger partial charge in [0.1, 0.15) is 0 Å². The summed E-state index contributed by atoms with van der Waals surface area (Å²) in [6.45, 7) is 5.34. The maximum Gasteiger partial charge on any atom is 0.199 e. The Bertz CT molecular complexity index is 299. The third kappa shape index (κ3) is 5.50. The number of hydrazine groups is 1. The second kappa shape index (κ2) is 8.48. The first kappa shape index (κ1) is 14.5. The van der Waals surface area contributed by atoms with Crippen molar-refractivity contribution in [3.63, 3.8) is 0 Å². The molecule has 2 N–H and O–H groups in total. The topological polar surface area (TPSA) is 42.1 Å². The number of hydrogen-bond donors (Lipinski definition) is 1. The molecule has 1 aromatic heterocycles. The van der Waals surface area contributed by atoms with Crippen molar-refractivity contribution in [2.24, 2.45) is 5.84 Å². The molecule has 3 nitrogen and oxygen atoms in total. The van der Waals surface area contributed by atoms with Gasteiger partial charge in [-0.1, -0.05) is 39.5 Å². The van der Waals surface area contributed by atoms with Gasteiger partial charge < -0.3 is 0 Å². The van der Waals surface area contributed by atoms with Gasteiger partial charge in [-0.3, -0.25) is 5.01 Å². The molecule has 4 heteroatoms. The van der Waals surface area contributed by atoms with Crippen LogP contribution in [0.25, 0.3) is 0 Å². The number of rotatable bonds is 9. The number of nitrogens with zero attached hydrogens (tertiary/aromatic N) is 2. The fourth-order valence-electron chi connectivity index (χ4n) is 1.73. The molecule has 0 atom stereocenters. The molecule has 1 aromatic rings. The van der Waals surface area contributed by atoms with E-state index in [1.807, 2.05) is 0 Å². The van der Waals surface area contributed by atoms with Crippen LogP contribution in [0.5, 0.6) is 0 Å². The molecule has 0 radical (unpaired) electrons. The summed E-state index contributed by atoms with van der Waals surface area (Å²) in [5, 5.41) is 4.90. The van der Waals surface area contributed by atoms with Crippen LogP contribution in [0.4, 0.5) is 5.13 Å². The van der Waals surface area contributed by atoms with E-state index in [1.165, 1.54) is 37.8 Å². The van der Waals surface area contributed by atoms with Crippen LogP contribution in [0.3, 0.4) is 0 Å². The van der Waals surface area contributed by atoms with Gasteiger partial charge >= 0.3 is 0 Å². The lowest BCUT2D eigenvalue weighted by Gasteiger charge is -2.14. The molecule has 0 saturated carbocycles. The number of unbranched alkanes of at least 4 members (excludes halogenated alkanes) is 4. The van der Waals surface area contributed by atoms with Crippen LogP contribution < -0.4 is 10.9 Å². The predicted octanol–water partition coefficient (Wildman–Crippen LogP) is 3.75. The van der Waals surface area contributed by atoms with Gasteiger partial charge in [-0.2, -0.15) is 0 Å². The molecular formula is C13H25N3S. The van der Waals surface area contributed by atoms with E-state index in [0.29, 0.717) is 0 Å². The Balaban J connectivity index is 2.33. The summed E-state index contributed by atoms with van der Waals surface area (Å²) in [6, 6.07) is 0. The van der Waals surface area contributed by atoms with Crippen molar-refractivity contribution in [3.05, 3.63) is 11.1 Å². The lowest BCUT2D eigenvalue weighted by Crippen LogP contribution is -2.31. The highest BCUT2D eigenvalue weighted by Gasteiger charge is 2.06. The summed E-state index contributed by atoms with van der Waals surface area (Å²) in [4.78, 5) is 4.58. The van der Waals surface area contributed by atoms with Crippen molar-refractivity contribution in [1.82, 2.24) is 4.98 Å². The largest absolute Gasteiger partial charge is 0.286 e. The fourth-order valence-corrected chi connectivity index (χ4v) is 2.54. The SMILES string of the molecule is CCCCCc1csc(N(N)CCCCC)n1. The first-order chi connectivity index (χ1) is 8.27. The van der Waals surface area contributed by atoms with Gasteiger partial charge in [0.25, 0.3) is 0 Å². The van der Waals surface area contributed by atoms with E-state index >= 15 is 0 Å². The molecule has 0 amide bonds. The molecule has 0 bridgehead atoms. The van der Waals surface area contributed by atoms with Gasteiger partial charge in [0.2, 0.25) is 0 Å². The van der Waals surface area contributed by atoms with Crippen molar-refractivity contribution in [1.29, 1.82) is 0 Å². The Morgan fingerprint density at radius 2 is 1.88 bits per heavy atom. The lowest BCUT2D eigenvalue weighted by molar-refractivity contribution is 0.683. The summed E-state index contributed by atoms with van der Waals surface area (Å²) >= 11 is 1.66. The summed E-state index contributed by atoms with van der Waals surface area (Å²) in [7, 11) is 0. The third-order valence-electron chi connectivity index (χ3n) is 2.82. The molecule has 1 heterocycles. The van der Waals surface area contributed by atoms with Crippen LogP contribution in [0, 0.1) is 0 Å². The Morgan fingerprint density at radius 1 is 1.18 bits per heavy atom. The van der Waals surface area contributed by atoms with Gasteiger partial charge in [0.05, 0.1) is 5.69 Å². The molecule has 0 aliphatic heterocycles. The number of thiazole rings is 1. The Labute approximate surface area is 109 Å². The van der Waals surface area contributed by atoms with E-state index in [9.17, 15) is 0 Å². The first-order valence-electron chi connectivity index (χ1n) is 6.74. The number of aromatic nitrogens is 1. The zero-order chi connectivity index (χ0) is 12.5. The Hall–Kier alpha value is -0.610. The van der Waals surface area contributed by atoms with Crippen LogP contribution >= 0.6 is 11.3 Å². The van der Waals surface area contributed by atoms with Gasteiger partial charge in [0, 0.05) is 11.9 Å². The molecule has 0 aliphatic rings. The van der Waals surface area contributed by atoms with Gasteiger partial charge in [0.15, 0.2) is 5.13 Å². The number of aryl methyl sites for hydroxylation is 1. The minimum Gasteiger partial charge on any atom is -0.286 e. The minimum absolute atomic E-state index is 0.912. The minimum atomic E-state index is 0.912. The average molecular weight is 255 g/mol. The molecule has 1 rings (SSSR count). The van der Waals surface area contributed by atoms with Crippen molar-refractivity contribution in [2.45, 2.75) is 58.8 Å². The Morgan fingerprint density at radius 3 is 2.59 bits per heavy atom. The zero-order valence-electron chi connectivity index (χ0n) is 11.1. The molecule has 0 fully saturated rings. The molecule has 98 valence electrons. The quantitative estimate of drug-likeness (QED) is 0.415. The highest BCUT2D eigenvalue weighted by Crippen LogP contribution is 2.20. The second-order valence-corrected chi connectivity index (χ2v) is 5.32. The smallest absolute Gasteiger partial charge is 0.199 e. The van der Waals surface area contributed by atoms with Crippen molar-refractivity contribution >= 4 is 16.5 Å². The summed E-state index contributed by atoms with van der Waals surface area (Å²) in [5.41, 5.74) is 1.20. The summed E-state index contributed by atoms with van der Waals surface area (Å²) in [6.07, 6.45) is 8.49.